The molecule has 2 fully saturated rings. The number of carbonyl (C=O) groups excluding carboxylic acids is 1. The van der Waals surface area contributed by atoms with Crippen molar-refractivity contribution in [3.8, 4) is 0 Å². The van der Waals surface area contributed by atoms with Crippen molar-refractivity contribution in [2.24, 2.45) is 16.3 Å². The van der Waals surface area contributed by atoms with Gasteiger partial charge in [-0.25, -0.2) is 13.2 Å². The molecule has 0 saturated carbocycles. The number of morpholine rings is 1. The Kier molecular flexibility index (Phi) is 7.69. The van der Waals surface area contributed by atoms with Gasteiger partial charge in [0.15, 0.2) is 9.84 Å². The van der Waals surface area contributed by atoms with Crippen LogP contribution in [0.1, 0.15) is 45.6 Å². The number of aliphatic imine (C=N–C) groups is 1. The fraction of sp³-hybridized carbons (Fsp3) is 0.600. The van der Waals surface area contributed by atoms with Crippen LogP contribution in [0.15, 0.2) is 46.4 Å². The van der Waals surface area contributed by atoms with Crippen LogP contribution in [0.2, 0.25) is 0 Å². The molecule has 33 heavy (non-hydrogen) atoms. The number of allylic oxidation sites excluding steroid dienone is 1. The normalized spacial score (nSPS) is 22.9. The molecule has 2 saturated heterocycles. The molecule has 2 heterocycles. The fourth-order valence-electron chi connectivity index (χ4n) is 4.21. The predicted molar refractivity (Wildman–Crippen MR) is 131 cm³/mol. The van der Waals surface area contributed by atoms with E-state index in [2.05, 4.69) is 27.4 Å². The van der Waals surface area contributed by atoms with E-state index in [-0.39, 0.29) is 23.3 Å². The highest BCUT2D eigenvalue weighted by atomic mass is 32.2. The van der Waals surface area contributed by atoms with E-state index in [0.29, 0.717) is 44.3 Å². The van der Waals surface area contributed by atoms with Gasteiger partial charge in [0, 0.05) is 61.1 Å². The maximum absolute atomic E-state index is 13.3. The number of ether oxygens (including phenoxy) is 1. The van der Waals surface area contributed by atoms with E-state index < -0.39 is 9.84 Å². The summed E-state index contributed by atoms with van der Waals surface area (Å²) in [6, 6.07) is 7.10. The predicted octanol–water partition coefficient (Wildman–Crippen LogP) is 3.97. The quantitative estimate of drug-likeness (QED) is 0.617. The molecule has 3 rings (SSSR count). The van der Waals surface area contributed by atoms with Crippen molar-refractivity contribution >= 4 is 21.6 Å². The molecule has 1 aromatic rings. The molecular weight excluding hydrogens is 438 g/mol. The van der Waals surface area contributed by atoms with Gasteiger partial charge in [0.2, 0.25) is 0 Å². The number of hydrogen-bond acceptors (Lipinski definition) is 5. The van der Waals surface area contributed by atoms with Crippen LogP contribution < -0.4 is 0 Å². The van der Waals surface area contributed by atoms with Crippen LogP contribution in [0.4, 0.5) is 4.79 Å². The molecule has 0 spiro atoms. The van der Waals surface area contributed by atoms with Gasteiger partial charge in [-0.15, -0.1) is 0 Å². The van der Waals surface area contributed by atoms with Gasteiger partial charge in [0.25, 0.3) is 0 Å². The Morgan fingerprint density at radius 1 is 1.09 bits per heavy atom. The summed E-state index contributed by atoms with van der Waals surface area (Å²) < 4.78 is 29.1. The van der Waals surface area contributed by atoms with Gasteiger partial charge in [0.05, 0.1) is 18.1 Å². The molecule has 2 aliphatic rings. The van der Waals surface area contributed by atoms with Crippen molar-refractivity contribution in [1.82, 2.24) is 9.80 Å². The Hall–Kier alpha value is -2.19. The minimum atomic E-state index is -3.25. The number of rotatable bonds is 4. The summed E-state index contributed by atoms with van der Waals surface area (Å²) in [4.78, 5) is 22.2. The molecule has 2 aliphatic heterocycles. The third-order valence-electron chi connectivity index (χ3n) is 6.55. The summed E-state index contributed by atoms with van der Waals surface area (Å²) in [5.41, 5.74) is 2.72. The van der Waals surface area contributed by atoms with Crippen molar-refractivity contribution in [1.29, 1.82) is 0 Å². The topological polar surface area (TPSA) is 79.3 Å². The fourth-order valence-corrected chi connectivity index (χ4v) is 4.84. The zero-order valence-corrected chi connectivity index (χ0v) is 21.3. The highest BCUT2D eigenvalue weighted by molar-refractivity contribution is 7.90. The number of amides is 2. The van der Waals surface area contributed by atoms with Gasteiger partial charge in [-0.3, -0.25) is 4.99 Å². The number of likely N-dealkylation sites (tertiary alicyclic amines) is 1. The van der Waals surface area contributed by atoms with E-state index >= 15 is 0 Å². The maximum atomic E-state index is 13.3. The van der Waals surface area contributed by atoms with Crippen molar-refractivity contribution in [3.05, 3.63) is 42.1 Å². The second kappa shape index (κ2) is 9.97. The third-order valence-corrected chi connectivity index (χ3v) is 7.68. The van der Waals surface area contributed by atoms with Crippen LogP contribution in [-0.2, 0) is 14.6 Å². The SMILES string of the molecule is C=C(/N=C(\C)C1CC(c2ccc(S(C)(=O)=O)cc2)CN(C(=O)N2CCOCC2)C1)C(C)(C)C. The molecule has 2 atom stereocenters. The number of nitrogens with zero attached hydrogens (tertiary/aromatic N) is 3. The van der Waals surface area contributed by atoms with Crippen LogP contribution in [-0.4, -0.2) is 75.6 Å². The average molecular weight is 476 g/mol. The summed E-state index contributed by atoms with van der Waals surface area (Å²) >= 11 is 0. The monoisotopic (exact) mass is 475 g/mol. The van der Waals surface area contributed by atoms with Gasteiger partial charge in [-0.05, 0) is 31.0 Å². The van der Waals surface area contributed by atoms with Crippen LogP contribution in [0.3, 0.4) is 0 Å². The minimum Gasteiger partial charge on any atom is -0.378 e. The maximum Gasteiger partial charge on any atom is 0.320 e. The first-order chi connectivity index (χ1) is 15.4. The lowest BCUT2D eigenvalue weighted by molar-refractivity contribution is 0.0396. The van der Waals surface area contributed by atoms with Gasteiger partial charge in [-0.1, -0.05) is 39.5 Å². The largest absolute Gasteiger partial charge is 0.378 e. The number of benzene rings is 1. The molecule has 2 unspecified atom stereocenters. The molecule has 2 amide bonds. The van der Waals surface area contributed by atoms with Crippen molar-refractivity contribution in [3.63, 3.8) is 0 Å². The van der Waals surface area contributed by atoms with E-state index in [4.69, 9.17) is 9.73 Å². The molecular formula is C25H37N3O4S. The molecule has 182 valence electrons. The first kappa shape index (κ1) is 25.4. The van der Waals surface area contributed by atoms with Gasteiger partial charge in [-0.2, -0.15) is 0 Å². The Morgan fingerprint density at radius 2 is 1.70 bits per heavy atom. The zero-order valence-electron chi connectivity index (χ0n) is 20.5. The highest BCUT2D eigenvalue weighted by Gasteiger charge is 2.35. The number of hydrogen-bond donors (Lipinski definition) is 0. The van der Waals surface area contributed by atoms with Gasteiger partial charge >= 0.3 is 6.03 Å². The van der Waals surface area contributed by atoms with E-state index in [0.717, 1.165) is 23.4 Å². The first-order valence-electron chi connectivity index (χ1n) is 11.5. The average Bonchev–Trinajstić information content (AvgIpc) is 2.77. The Morgan fingerprint density at radius 3 is 2.24 bits per heavy atom. The van der Waals surface area contributed by atoms with Crippen molar-refractivity contribution < 1.29 is 17.9 Å². The number of piperidine rings is 1. The summed E-state index contributed by atoms with van der Waals surface area (Å²) in [5.74, 6) is 0.192. The minimum absolute atomic E-state index is 0.0307. The summed E-state index contributed by atoms with van der Waals surface area (Å²) in [5, 5.41) is 0. The Bertz CT molecular complexity index is 1000. The third kappa shape index (κ3) is 6.44. The van der Waals surface area contributed by atoms with E-state index in [9.17, 15) is 13.2 Å². The Balaban J connectivity index is 1.88. The Labute approximate surface area is 198 Å². The van der Waals surface area contributed by atoms with Crippen molar-refractivity contribution in [2.45, 2.75) is 44.9 Å². The van der Waals surface area contributed by atoms with Crippen LogP contribution in [0, 0.1) is 11.3 Å². The molecule has 0 aliphatic carbocycles. The first-order valence-corrected chi connectivity index (χ1v) is 13.4. The molecule has 0 bridgehead atoms. The van der Waals surface area contributed by atoms with E-state index in [1.54, 1.807) is 12.1 Å². The lowest BCUT2D eigenvalue weighted by Gasteiger charge is -2.41. The van der Waals surface area contributed by atoms with Gasteiger partial charge in [0.1, 0.15) is 0 Å². The lowest BCUT2D eigenvalue weighted by Crippen LogP contribution is -2.53. The second-order valence-electron chi connectivity index (χ2n) is 10.2. The smallest absolute Gasteiger partial charge is 0.320 e. The summed E-state index contributed by atoms with van der Waals surface area (Å²) in [6.45, 7) is 16.0. The van der Waals surface area contributed by atoms with Gasteiger partial charge < -0.3 is 14.5 Å². The molecule has 8 heteroatoms. The number of sulfone groups is 1. The molecule has 1 aromatic carbocycles. The second-order valence-corrected chi connectivity index (χ2v) is 12.2. The lowest BCUT2D eigenvalue weighted by atomic mass is 9.82. The summed E-state index contributed by atoms with van der Waals surface area (Å²) in [7, 11) is -3.25. The van der Waals surface area contributed by atoms with E-state index in [1.165, 1.54) is 6.26 Å². The number of carbonyl (C=O) groups is 1. The van der Waals surface area contributed by atoms with Crippen LogP contribution in [0.5, 0.6) is 0 Å². The molecule has 0 radical (unpaired) electrons. The van der Waals surface area contributed by atoms with Crippen molar-refractivity contribution in [2.75, 3.05) is 45.6 Å². The van der Waals surface area contributed by atoms with Crippen LogP contribution in [0.25, 0.3) is 0 Å². The molecule has 0 N–H and O–H groups in total. The highest BCUT2D eigenvalue weighted by Crippen LogP contribution is 2.33. The summed E-state index contributed by atoms with van der Waals surface area (Å²) in [6.07, 6.45) is 2.06. The molecule has 7 nitrogen and oxygen atoms in total. The van der Waals surface area contributed by atoms with E-state index in [1.807, 2.05) is 28.9 Å². The van der Waals surface area contributed by atoms with Crippen LogP contribution >= 0.6 is 0 Å². The number of urea groups is 1. The zero-order chi connectivity index (χ0) is 24.4. The molecule has 0 aromatic heterocycles. The standard InChI is InChI=1S/C25H37N3O4S/c1-18(26-19(2)25(3,4)5)21-15-22(20-7-9-23(10-8-20)33(6,30)31)17-28(16-21)24(29)27-11-13-32-14-12-27/h7-10,21-22H,2,11-17H2,1,3-6H3/b26-18+.